The van der Waals surface area contributed by atoms with Crippen molar-refractivity contribution in [3.63, 3.8) is 0 Å². The molecule has 198 valence electrons. The smallest absolute Gasteiger partial charge is 0.412 e. The fraction of sp³-hybridized carbons (Fsp3) is 0.393. The van der Waals surface area contributed by atoms with Crippen LogP contribution in [0.2, 0.25) is 0 Å². The molecule has 3 N–H and O–H groups in total. The molecule has 0 saturated carbocycles. The van der Waals surface area contributed by atoms with E-state index in [2.05, 4.69) is 20.9 Å². The van der Waals surface area contributed by atoms with Crippen LogP contribution in [0.25, 0.3) is 0 Å². The Morgan fingerprint density at radius 1 is 0.973 bits per heavy atom. The number of carbonyl (C=O) groups is 3. The van der Waals surface area contributed by atoms with E-state index in [0.29, 0.717) is 36.3 Å². The molecule has 1 aliphatic rings. The number of ether oxygens (including phenoxy) is 2. The van der Waals surface area contributed by atoms with E-state index in [0.717, 1.165) is 32.0 Å². The average Bonchev–Trinajstić information content (AvgIpc) is 2.86. The molecule has 0 aromatic heterocycles. The van der Waals surface area contributed by atoms with Crippen molar-refractivity contribution in [3.05, 3.63) is 66.2 Å². The number of amides is 3. The minimum absolute atomic E-state index is 0.121. The Bertz CT molecular complexity index is 1090. The summed E-state index contributed by atoms with van der Waals surface area (Å²) in [6.07, 6.45) is 3.92. The van der Waals surface area contributed by atoms with Crippen molar-refractivity contribution < 1.29 is 23.9 Å². The molecule has 1 saturated heterocycles. The molecule has 1 fully saturated rings. The highest BCUT2D eigenvalue weighted by molar-refractivity contribution is 6.03. The van der Waals surface area contributed by atoms with E-state index in [-0.39, 0.29) is 11.8 Å². The van der Waals surface area contributed by atoms with Crippen LogP contribution in [-0.2, 0) is 14.3 Å². The number of hydrogen-bond donors (Lipinski definition) is 3. The van der Waals surface area contributed by atoms with E-state index in [1.807, 2.05) is 24.3 Å². The maximum Gasteiger partial charge on any atom is 0.412 e. The molecule has 37 heavy (non-hydrogen) atoms. The number of rotatable bonds is 9. The second-order valence-corrected chi connectivity index (χ2v) is 9.61. The van der Waals surface area contributed by atoms with E-state index in [9.17, 15) is 14.4 Å². The Morgan fingerprint density at radius 3 is 2.27 bits per heavy atom. The van der Waals surface area contributed by atoms with Gasteiger partial charge in [0.1, 0.15) is 5.60 Å². The summed E-state index contributed by atoms with van der Waals surface area (Å²) in [6, 6.07) is 14.5. The van der Waals surface area contributed by atoms with Crippen molar-refractivity contribution in [2.75, 3.05) is 48.4 Å². The summed E-state index contributed by atoms with van der Waals surface area (Å²) in [5.74, 6) is -0.438. The summed E-state index contributed by atoms with van der Waals surface area (Å²) in [5, 5.41) is 8.32. The second kappa shape index (κ2) is 13.5. The van der Waals surface area contributed by atoms with Crippen LogP contribution in [0.5, 0.6) is 0 Å². The van der Waals surface area contributed by atoms with Gasteiger partial charge in [0.15, 0.2) is 0 Å². The molecule has 3 amide bonds. The summed E-state index contributed by atoms with van der Waals surface area (Å²) < 4.78 is 10.6. The highest BCUT2D eigenvalue weighted by Crippen LogP contribution is 2.22. The number of para-hydroxylation sites is 2. The summed E-state index contributed by atoms with van der Waals surface area (Å²) in [7, 11) is 0. The van der Waals surface area contributed by atoms with Gasteiger partial charge in [-0.1, -0.05) is 18.2 Å². The van der Waals surface area contributed by atoms with Gasteiger partial charge in [-0.05, 0) is 76.1 Å². The Labute approximate surface area is 218 Å². The number of allylic oxidation sites excluding steroid dienone is 1. The van der Waals surface area contributed by atoms with Crippen LogP contribution in [0.3, 0.4) is 0 Å². The SMILES string of the molecule is CC(C)(C)OC(=O)Nc1ccccc1NC(=O)C=CCCCNC(=O)c1ccc(N2CCOCC2)cc1. The molecule has 0 aliphatic carbocycles. The van der Waals surface area contributed by atoms with E-state index < -0.39 is 11.7 Å². The lowest BCUT2D eigenvalue weighted by Crippen LogP contribution is -2.36. The van der Waals surface area contributed by atoms with Crippen molar-refractivity contribution in [2.24, 2.45) is 0 Å². The van der Waals surface area contributed by atoms with Gasteiger partial charge in [-0.25, -0.2) is 4.79 Å². The number of nitrogens with zero attached hydrogens (tertiary/aromatic N) is 1. The van der Waals surface area contributed by atoms with Gasteiger partial charge in [0.05, 0.1) is 24.6 Å². The van der Waals surface area contributed by atoms with Crippen LogP contribution in [-0.4, -0.2) is 56.4 Å². The average molecular weight is 509 g/mol. The summed E-state index contributed by atoms with van der Waals surface area (Å²) in [4.78, 5) is 39.0. The van der Waals surface area contributed by atoms with Gasteiger partial charge in [-0.3, -0.25) is 14.9 Å². The van der Waals surface area contributed by atoms with Crippen LogP contribution in [0.4, 0.5) is 21.9 Å². The number of nitrogens with one attached hydrogen (secondary N) is 3. The third-order valence-electron chi connectivity index (χ3n) is 5.43. The van der Waals surface area contributed by atoms with Gasteiger partial charge in [0.25, 0.3) is 5.91 Å². The molecule has 9 nitrogen and oxygen atoms in total. The number of unbranched alkanes of at least 4 members (excludes halogenated alkanes) is 1. The predicted octanol–water partition coefficient (Wildman–Crippen LogP) is 4.58. The quantitative estimate of drug-likeness (QED) is 0.338. The Hall–Kier alpha value is -3.85. The molecule has 0 radical (unpaired) electrons. The van der Waals surface area contributed by atoms with E-state index in [1.54, 1.807) is 51.1 Å². The molecule has 3 rings (SSSR count). The van der Waals surface area contributed by atoms with Gasteiger partial charge in [0.2, 0.25) is 5.91 Å². The largest absolute Gasteiger partial charge is 0.444 e. The Balaban J connectivity index is 1.38. The van der Waals surface area contributed by atoms with Gasteiger partial charge in [0, 0.05) is 30.9 Å². The van der Waals surface area contributed by atoms with Crippen molar-refractivity contribution in [2.45, 2.75) is 39.2 Å². The normalized spacial score (nSPS) is 13.8. The first kappa shape index (κ1) is 27.7. The fourth-order valence-electron chi connectivity index (χ4n) is 3.65. The Kier molecular flexibility index (Phi) is 10.1. The van der Waals surface area contributed by atoms with Crippen LogP contribution in [0.15, 0.2) is 60.7 Å². The first-order valence-corrected chi connectivity index (χ1v) is 12.5. The van der Waals surface area contributed by atoms with Crippen molar-refractivity contribution >= 4 is 35.0 Å². The van der Waals surface area contributed by atoms with Crippen molar-refractivity contribution in [1.82, 2.24) is 5.32 Å². The zero-order chi connectivity index (χ0) is 26.7. The lowest BCUT2D eigenvalue weighted by atomic mass is 10.1. The highest BCUT2D eigenvalue weighted by atomic mass is 16.6. The van der Waals surface area contributed by atoms with Gasteiger partial charge < -0.3 is 25.0 Å². The topological polar surface area (TPSA) is 109 Å². The zero-order valence-corrected chi connectivity index (χ0v) is 21.7. The van der Waals surface area contributed by atoms with Gasteiger partial charge in [-0.15, -0.1) is 0 Å². The molecule has 0 spiro atoms. The summed E-state index contributed by atoms with van der Waals surface area (Å²) in [6.45, 7) is 8.98. The molecule has 1 heterocycles. The van der Waals surface area contributed by atoms with E-state index in [4.69, 9.17) is 9.47 Å². The highest BCUT2D eigenvalue weighted by Gasteiger charge is 2.17. The van der Waals surface area contributed by atoms with Crippen molar-refractivity contribution in [3.8, 4) is 0 Å². The first-order valence-electron chi connectivity index (χ1n) is 12.5. The Morgan fingerprint density at radius 2 is 1.62 bits per heavy atom. The molecule has 0 atom stereocenters. The third-order valence-corrected chi connectivity index (χ3v) is 5.43. The molecule has 2 aromatic carbocycles. The minimum Gasteiger partial charge on any atom is -0.444 e. The molecule has 2 aromatic rings. The molecule has 0 bridgehead atoms. The number of morpholine rings is 1. The fourth-order valence-corrected chi connectivity index (χ4v) is 3.65. The predicted molar refractivity (Wildman–Crippen MR) is 145 cm³/mol. The maximum absolute atomic E-state index is 12.4. The molecule has 9 heteroatoms. The number of benzene rings is 2. The number of hydrogen-bond acceptors (Lipinski definition) is 6. The van der Waals surface area contributed by atoms with E-state index in [1.165, 1.54) is 6.08 Å². The lowest BCUT2D eigenvalue weighted by Gasteiger charge is -2.28. The molecular weight excluding hydrogens is 472 g/mol. The molecule has 1 aliphatic heterocycles. The summed E-state index contributed by atoms with van der Waals surface area (Å²) in [5.41, 5.74) is 1.99. The van der Waals surface area contributed by atoms with E-state index >= 15 is 0 Å². The third kappa shape index (κ3) is 9.61. The maximum atomic E-state index is 12.4. The first-order chi connectivity index (χ1) is 17.7. The molecule has 0 unspecified atom stereocenters. The molecular formula is C28H36N4O5. The van der Waals surface area contributed by atoms with Gasteiger partial charge >= 0.3 is 6.09 Å². The summed E-state index contributed by atoms with van der Waals surface area (Å²) >= 11 is 0. The van der Waals surface area contributed by atoms with Crippen molar-refractivity contribution in [1.29, 1.82) is 0 Å². The lowest BCUT2D eigenvalue weighted by molar-refractivity contribution is -0.111. The monoisotopic (exact) mass is 508 g/mol. The van der Waals surface area contributed by atoms with Crippen LogP contribution in [0.1, 0.15) is 44.0 Å². The van der Waals surface area contributed by atoms with Crippen LogP contribution >= 0.6 is 0 Å². The standard InChI is InChI=1S/C28H36N4O5/c1-28(2,3)37-27(35)31-24-10-7-6-9-23(24)30-25(33)11-5-4-8-16-29-26(34)21-12-14-22(15-13-21)32-17-19-36-20-18-32/h5-7,9-15H,4,8,16-20H2,1-3H3,(H,29,34)(H,30,33)(H,31,35). The number of anilines is 3. The second-order valence-electron chi connectivity index (χ2n) is 9.61. The zero-order valence-electron chi connectivity index (χ0n) is 21.7. The number of carbonyl (C=O) groups excluding carboxylic acids is 3. The minimum atomic E-state index is -0.627. The van der Waals surface area contributed by atoms with Gasteiger partial charge in [-0.2, -0.15) is 0 Å². The van der Waals surface area contributed by atoms with Crippen LogP contribution < -0.4 is 20.9 Å². The van der Waals surface area contributed by atoms with Crippen LogP contribution in [0, 0.1) is 0 Å².